The summed E-state index contributed by atoms with van der Waals surface area (Å²) in [5.74, 6) is 1.03. The number of benzene rings is 2. The van der Waals surface area contributed by atoms with Crippen LogP contribution in [0.1, 0.15) is 59.1 Å². The van der Waals surface area contributed by atoms with Crippen molar-refractivity contribution in [2.24, 2.45) is 0 Å². The number of rotatable bonds is 10. The molecule has 0 spiro atoms. The second kappa shape index (κ2) is 11.2. The Balaban J connectivity index is 2.29. The van der Waals surface area contributed by atoms with Gasteiger partial charge in [-0.2, -0.15) is 0 Å². The smallest absolute Gasteiger partial charge is 0.258 e. The van der Waals surface area contributed by atoms with Crippen LogP contribution in [0.4, 0.5) is 0 Å². The Morgan fingerprint density at radius 1 is 0.793 bits per heavy atom. The standard InChI is InChI=1S/C27H38OSi/c1-22(2)29(23(3)4,24(5)6)28-27(21-20-26-16-11-8-12-17-26)19-13-18-25-14-9-7-10-15-25/h7-12,14-17,19-24H,13,18H2,1-6H3/b21-20+,27-19+. The summed E-state index contributed by atoms with van der Waals surface area (Å²) in [6, 6.07) is 21.2. The first-order valence-electron chi connectivity index (χ1n) is 11.0. The van der Waals surface area contributed by atoms with Gasteiger partial charge in [0.15, 0.2) is 0 Å². The first-order chi connectivity index (χ1) is 13.9. The maximum atomic E-state index is 7.00. The zero-order valence-corrected chi connectivity index (χ0v) is 20.1. The minimum absolute atomic E-state index is 0.560. The molecule has 2 aromatic rings. The summed E-state index contributed by atoms with van der Waals surface area (Å²) < 4.78 is 7.00. The molecule has 0 amide bonds. The van der Waals surface area contributed by atoms with Crippen LogP contribution in [0.3, 0.4) is 0 Å². The normalized spacial score (nSPS) is 13.1. The van der Waals surface area contributed by atoms with E-state index in [2.05, 4.69) is 120 Å². The second-order valence-electron chi connectivity index (χ2n) is 8.79. The fraction of sp³-hybridized carbons (Fsp3) is 0.407. The Morgan fingerprint density at radius 3 is 1.83 bits per heavy atom. The maximum Gasteiger partial charge on any atom is 0.258 e. The lowest BCUT2D eigenvalue weighted by Crippen LogP contribution is -2.47. The highest BCUT2D eigenvalue weighted by Crippen LogP contribution is 2.43. The van der Waals surface area contributed by atoms with E-state index in [4.69, 9.17) is 4.43 Å². The van der Waals surface area contributed by atoms with Crippen LogP contribution in [0.2, 0.25) is 16.6 Å². The number of aryl methyl sites for hydroxylation is 1. The summed E-state index contributed by atoms with van der Waals surface area (Å²) in [5.41, 5.74) is 4.26. The number of allylic oxidation sites excluding steroid dienone is 2. The average molecular weight is 407 g/mol. The minimum atomic E-state index is -1.98. The molecule has 2 aromatic carbocycles. The predicted octanol–water partition coefficient (Wildman–Crippen LogP) is 8.41. The number of hydrogen-bond acceptors (Lipinski definition) is 1. The van der Waals surface area contributed by atoms with E-state index in [1.807, 2.05) is 0 Å². The van der Waals surface area contributed by atoms with E-state index in [-0.39, 0.29) is 0 Å². The Bertz CT molecular complexity index is 751. The molecular weight excluding hydrogens is 368 g/mol. The quantitative estimate of drug-likeness (QED) is 0.218. The fourth-order valence-corrected chi connectivity index (χ4v) is 9.74. The molecule has 0 N–H and O–H groups in total. The molecule has 29 heavy (non-hydrogen) atoms. The first kappa shape index (κ1) is 23.2. The zero-order valence-electron chi connectivity index (χ0n) is 19.1. The molecule has 2 heteroatoms. The Hall–Kier alpha value is -2.06. The third-order valence-electron chi connectivity index (χ3n) is 5.86. The van der Waals surface area contributed by atoms with Crippen molar-refractivity contribution in [1.29, 1.82) is 0 Å². The summed E-state index contributed by atoms with van der Waals surface area (Å²) in [7, 11) is -1.98. The Kier molecular flexibility index (Phi) is 8.97. The van der Waals surface area contributed by atoms with Crippen molar-refractivity contribution in [3.05, 3.63) is 89.7 Å². The predicted molar refractivity (Wildman–Crippen MR) is 130 cm³/mol. The lowest BCUT2D eigenvalue weighted by Gasteiger charge is -2.42. The molecule has 0 unspecified atom stereocenters. The minimum Gasteiger partial charge on any atom is -0.543 e. The second-order valence-corrected chi connectivity index (χ2v) is 14.2. The van der Waals surface area contributed by atoms with Gasteiger partial charge in [-0.25, -0.2) is 0 Å². The van der Waals surface area contributed by atoms with Crippen molar-refractivity contribution >= 4 is 14.4 Å². The van der Waals surface area contributed by atoms with Crippen molar-refractivity contribution in [3.63, 3.8) is 0 Å². The molecule has 2 rings (SSSR count). The van der Waals surface area contributed by atoms with Crippen molar-refractivity contribution in [1.82, 2.24) is 0 Å². The zero-order chi connectivity index (χ0) is 21.3. The van der Waals surface area contributed by atoms with E-state index in [0.717, 1.165) is 18.6 Å². The van der Waals surface area contributed by atoms with Gasteiger partial charge in [-0.1, -0.05) is 108 Å². The summed E-state index contributed by atoms with van der Waals surface area (Å²) >= 11 is 0. The molecule has 0 atom stereocenters. The van der Waals surface area contributed by atoms with E-state index < -0.39 is 8.32 Å². The van der Waals surface area contributed by atoms with Crippen molar-refractivity contribution in [3.8, 4) is 0 Å². The molecule has 0 heterocycles. The van der Waals surface area contributed by atoms with Gasteiger partial charge in [-0.3, -0.25) is 0 Å². The van der Waals surface area contributed by atoms with Gasteiger partial charge in [0.1, 0.15) is 0 Å². The molecule has 0 aromatic heterocycles. The van der Waals surface area contributed by atoms with E-state index in [1.165, 1.54) is 11.1 Å². The van der Waals surface area contributed by atoms with Gasteiger partial charge in [0.2, 0.25) is 0 Å². The third kappa shape index (κ3) is 6.47. The van der Waals surface area contributed by atoms with Gasteiger partial charge in [-0.05, 0) is 52.7 Å². The van der Waals surface area contributed by atoms with Gasteiger partial charge in [0.05, 0.1) is 5.76 Å². The van der Waals surface area contributed by atoms with Gasteiger partial charge >= 0.3 is 0 Å². The van der Waals surface area contributed by atoms with Gasteiger partial charge in [0, 0.05) is 0 Å². The molecule has 0 saturated carbocycles. The molecule has 0 fully saturated rings. The highest BCUT2D eigenvalue weighted by Gasteiger charge is 2.47. The molecule has 0 aliphatic heterocycles. The van der Waals surface area contributed by atoms with Crippen LogP contribution in [0.15, 0.2) is 78.6 Å². The summed E-state index contributed by atoms with van der Waals surface area (Å²) in [6.45, 7) is 14.1. The molecule has 0 saturated heterocycles. The number of hydrogen-bond donors (Lipinski definition) is 0. The molecule has 0 radical (unpaired) electrons. The summed E-state index contributed by atoms with van der Waals surface area (Å²) in [5, 5.41) is 0. The van der Waals surface area contributed by atoms with Gasteiger partial charge in [0.25, 0.3) is 8.32 Å². The highest BCUT2D eigenvalue weighted by atomic mass is 28.4. The van der Waals surface area contributed by atoms with Crippen molar-refractivity contribution < 1.29 is 4.43 Å². The lowest BCUT2D eigenvalue weighted by atomic mass is 10.1. The van der Waals surface area contributed by atoms with Crippen LogP contribution in [0.5, 0.6) is 0 Å². The third-order valence-corrected chi connectivity index (χ3v) is 11.9. The molecule has 1 nitrogen and oxygen atoms in total. The first-order valence-corrected chi connectivity index (χ1v) is 13.2. The molecule has 0 aliphatic rings. The van der Waals surface area contributed by atoms with Crippen LogP contribution in [0.25, 0.3) is 6.08 Å². The highest BCUT2D eigenvalue weighted by molar-refractivity contribution is 6.77. The van der Waals surface area contributed by atoms with Crippen LogP contribution >= 0.6 is 0 Å². The molecule has 156 valence electrons. The fourth-order valence-electron chi connectivity index (χ4n) is 4.47. The van der Waals surface area contributed by atoms with E-state index >= 15 is 0 Å². The summed E-state index contributed by atoms with van der Waals surface area (Å²) in [4.78, 5) is 0. The molecule has 0 aliphatic carbocycles. The Labute approximate surface area is 179 Å². The lowest BCUT2D eigenvalue weighted by molar-refractivity contribution is 0.385. The van der Waals surface area contributed by atoms with Gasteiger partial charge in [-0.15, -0.1) is 0 Å². The van der Waals surface area contributed by atoms with E-state index in [1.54, 1.807) is 0 Å². The summed E-state index contributed by atoms with van der Waals surface area (Å²) in [6.07, 6.45) is 8.66. The SMILES string of the molecule is CC(C)[Si](OC(/C=C/c1ccccc1)=C/CCc1ccccc1)(C(C)C)C(C)C. The Morgan fingerprint density at radius 2 is 1.31 bits per heavy atom. The van der Waals surface area contributed by atoms with Crippen LogP contribution in [0, 0.1) is 0 Å². The van der Waals surface area contributed by atoms with Crippen LogP contribution < -0.4 is 0 Å². The van der Waals surface area contributed by atoms with Crippen molar-refractivity contribution in [2.75, 3.05) is 0 Å². The monoisotopic (exact) mass is 406 g/mol. The average Bonchev–Trinajstić information content (AvgIpc) is 2.70. The largest absolute Gasteiger partial charge is 0.543 e. The molecule has 0 bridgehead atoms. The van der Waals surface area contributed by atoms with Crippen molar-refractivity contribution in [2.45, 2.75) is 71.0 Å². The molecular formula is C27H38OSi. The van der Waals surface area contributed by atoms with Gasteiger partial charge < -0.3 is 4.43 Å². The van der Waals surface area contributed by atoms with E-state index in [9.17, 15) is 0 Å². The van der Waals surface area contributed by atoms with Crippen LogP contribution in [-0.4, -0.2) is 8.32 Å². The van der Waals surface area contributed by atoms with E-state index in [0.29, 0.717) is 16.6 Å². The topological polar surface area (TPSA) is 9.23 Å². The maximum absolute atomic E-state index is 7.00. The van der Waals surface area contributed by atoms with Crippen LogP contribution in [-0.2, 0) is 10.8 Å².